The van der Waals surface area contributed by atoms with Crippen molar-refractivity contribution in [2.45, 2.75) is 39.7 Å². The van der Waals surface area contributed by atoms with E-state index in [2.05, 4.69) is 16.1 Å². The van der Waals surface area contributed by atoms with Gasteiger partial charge in [0.05, 0.1) is 0 Å². The average molecular weight is 375 g/mol. The summed E-state index contributed by atoms with van der Waals surface area (Å²) in [5, 5.41) is 4.66. The summed E-state index contributed by atoms with van der Waals surface area (Å²) in [6.07, 6.45) is 2.95. The molecule has 0 spiro atoms. The molecule has 3 rings (SSSR count). The summed E-state index contributed by atoms with van der Waals surface area (Å²) in [7, 11) is 0. The van der Waals surface area contributed by atoms with Crippen LogP contribution in [0, 0.1) is 12.7 Å². The van der Waals surface area contributed by atoms with E-state index in [-0.39, 0.29) is 11.9 Å². The van der Waals surface area contributed by atoms with E-state index in [0.29, 0.717) is 18.7 Å². The molecule has 6 heteroatoms. The number of aryl methyl sites for hydroxylation is 1. The lowest BCUT2D eigenvalue weighted by molar-refractivity contribution is -0.0545. The first-order valence-corrected chi connectivity index (χ1v) is 9.66. The third kappa shape index (κ3) is 5.08. The van der Waals surface area contributed by atoms with E-state index in [4.69, 9.17) is 4.74 Å². The predicted molar refractivity (Wildman–Crippen MR) is 105 cm³/mol. The van der Waals surface area contributed by atoms with Crippen molar-refractivity contribution in [2.24, 2.45) is 0 Å². The molecule has 0 atom stereocenters. The van der Waals surface area contributed by atoms with Crippen molar-refractivity contribution >= 4 is 11.7 Å². The van der Waals surface area contributed by atoms with Gasteiger partial charge in [-0.15, -0.1) is 0 Å². The minimum absolute atomic E-state index is 0.153. The van der Waals surface area contributed by atoms with Crippen molar-refractivity contribution < 1.29 is 13.9 Å². The van der Waals surface area contributed by atoms with Gasteiger partial charge in [-0.1, -0.05) is 12.1 Å². The van der Waals surface area contributed by atoms with Crippen LogP contribution in [0.1, 0.15) is 38.3 Å². The van der Waals surface area contributed by atoms with Crippen LogP contribution in [0.15, 0.2) is 24.3 Å². The van der Waals surface area contributed by atoms with Gasteiger partial charge < -0.3 is 9.64 Å². The van der Waals surface area contributed by atoms with Gasteiger partial charge in [-0.3, -0.25) is 0 Å². The highest BCUT2D eigenvalue weighted by Gasteiger charge is 2.28. The standard InChI is InChI=1S/C21H30FN3O2/c1-16-15-18(5-6-19(16)22)17-7-9-24(10-8-17)25-13-11-23(12-14-25)20(26)27-21(2,3)4/h5-7,15H,8-14H2,1-4H3. The van der Waals surface area contributed by atoms with Gasteiger partial charge in [0.1, 0.15) is 11.4 Å². The number of rotatable bonds is 2. The fraction of sp³-hybridized carbons (Fsp3) is 0.571. The van der Waals surface area contributed by atoms with E-state index in [1.165, 1.54) is 5.57 Å². The first-order valence-electron chi connectivity index (χ1n) is 9.66. The smallest absolute Gasteiger partial charge is 0.410 e. The summed E-state index contributed by atoms with van der Waals surface area (Å²) in [4.78, 5) is 14.0. The number of amides is 1. The summed E-state index contributed by atoms with van der Waals surface area (Å²) in [6.45, 7) is 12.3. The maximum atomic E-state index is 13.5. The number of benzene rings is 1. The van der Waals surface area contributed by atoms with Crippen LogP contribution in [0.3, 0.4) is 0 Å². The Morgan fingerprint density at radius 1 is 1.07 bits per heavy atom. The molecule has 1 aromatic rings. The van der Waals surface area contributed by atoms with E-state index >= 15 is 0 Å². The molecule has 1 saturated heterocycles. The molecule has 2 aliphatic heterocycles. The summed E-state index contributed by atoms with van der Waals surface area (Å²) in [6, 6.07) is 5.34. The number of piperazine rings is 1. The normalized spacial score (nSPS) is 19.7. The monoisotopic (exact) mass is 375 g/mol. The number of carbonyl (C=O) groups excluding carboxylic acids is 1. The quantitative estimate of drug-likeness (QED) is 0.790. The van der Waals surface area contributed by atoms with Crippen LogP contribution in [0.25, 0.3) is 5.57 Å². The molecular formula is C21H30FN3O2. The summed E-state index contributed by atoms with van der Waals surface area (Å²) in [5.74, 6) is -0.153. The van der Waals surface area contributed by atoms with Crippen molar-refractivity contribution in [1.29, 1.82) is 0 Å². The minimum atomic E-state index is -0.457. The zero-order valence-electron chi connectivity index (χ0n) is 16.8. The molecule has 1 fully saturated rings. The first kappa shape index (κ1) is 19.8. The van der Waals surface area contributed by atoms with Crippen LogP contribution in [-0.4, -0.2) is 65.9 Å². The Bertz CT molecular complexity index is 719. The molecular weight excluding hydrogens is 345 g/mol. The number of nitrogens with zero attached hydrogens (tertiary/aromatic N) is 3. The second-order valence-corrected chi connectivity index (χ2v) is 8.28. The van der Waals surface area contributed by atoms with Crippen LogP contribution in [0.5, 0.6) is 0 Å². The zero-order chi connectivity index (χ0) is 19.6. The van der Waals surface area contributed by atoms with Gasteiger partial charge >= 0.3 is 6.09 Å². The number of carbonyl (C=O) groups is 1. The van der Waals surface area contributed by atoms with Crippen LogP contribution in [0.2, 0.25) is 0 Å². The Balaban J connectivity index is 1.52. The summed E-state index contributed by atoms with van der Waals surface area (Å²) >= 11 is 0. The second-order valence-electron chi connectivity index (χ2n) is 8.28. The average Bonchev–Trinajstić information content (AvgIpc) is 2.63. The Hall–Kier alpha value is -1.92. The van der Waals surface area contributed by atoms with Gasteiger partial charge in [0.15, 0.2) is 0 Å². The van der Waals surface area contributed by atoms with Gasteiger partial charge in [-0.25, -0.2) is 19.2 Å². The molecule has 27 heavy (non-hydrogen) atoms. The number of ether oxygens (including phenoxy) is 1. The third-order valence-electron chi connectivity index (χ3n) is 5.02. The number of hydrogen-bond donors (Lipinski definition) is 0. The lowest BCUT2D eigenvalue weighted by Crippen LogP contribution is -2.56. The number of hydrazine groups is 1. The summed E-state index contributed by atoms with van der Waals surface area (Å²) < 4.78 is 18.9. The van der Waals surface area contributed by atoms with Gasteiger partial charge in [0.2, 0.25) is 0 Å². The molecule has 0 N–H and O–H groups in total. The van der Waals surface area contributed by atoms with Crippen LogP contribution in [-0.2, 0) is 4.74 Å². The maximum Gasteiger partial charge on any atom is 0.410 e. The number of hydrogen-bond acceptors (Lipinski definition) is 4. The summed E-state index contributed by atoms with van der Waals surface area (Å²) in [5.41, 5.74) is 2.63. The van der Waals surface area contributed by atoms with E-state index in [0.717, 1.165) is 38.2 Å². The highest BCUT2D eigenvalue weighted by molar-refractivity contribution is 5.68. The fourth-order valence-corrected chi connectivity index (χ4v) is 3.51. The zero-order valence-corrected chi connectivity index (χ0v) is 16.8. The van der Waals surface area contributed by atoms with Crippen molar-refractivity contribution in [3.05, 3.63) is 41.2 Å². The van der Waals surface area contributed by atoms with E-state index < -0.39 is 5.60 Å². The lowest BCUT2D eigenvalue weighted by atomic mass is 9.98. The molecule has 148 valence electrons. The van der Waals surface area contributed by atoms with Gasteiger partial charge in [-0.2, -0.15) is 0 Å². The molecule has 2 aliphatic rings. The van der Waals surface area contributed by atoms with Crippen molar-refractivity contribution in [2.75, 3.05) is 39.3 Å². The lowest BCUT2D eigenvalue weighted by Gasteiger charge is -2.42. The van der Waals surface area contributed by atoms with E-state index in [9.17, 15) is 9.18 Å². The Morgan fingerprint density at radius 2 is 1.78 bits per heavy atom. The van der Waals surface area contributed by atoms with Crippen LogP contribution < -0.4 is 0 Å². The van der Waals surface area contributed by atoms with Crippen molar-refractivity contribution in [3.8, 4) is 0 Å². The minimum Gasteiger partial charge on any atom is -0.444 e. The highest BCUT2D eigenvalue weighted by atomic mass is 19.1. The van der Waals surface area contributed by atoms with Gasteiger partial charge in [-0.05, 0) is 62.9 Å². The van der Waals surface area contributed by atoms with Gasteiger partial charge in [0, 0.05) is 39.3 Å². The van der Waals surface area contributed by atoms with Crippen LogP contribution >= 0.6 is 0 Å². The number of halogens is 1. The van der Waals surface area contributed by atoms with Gasteiger partial charge in [0.25, 0.3) is 0 Å². The molecule has 1 aromatic carbocycles. The predicted octanol–water partition coefficient (Wildman–Crippen LogP) is 3.69. The Kier molecular flexibility index (Phi) is 5.86. The molecule has 2 heterocycles. The molecule has 0 radical (unpaired) electrons. The molecule has 1 amide bonds. The highest BCUT2D eigenvalue weighted by Crippen LogP contribution is 2.25. The molecule has 0 bridgehead atoms. The molecule has 0 aromatic heterocycles. The molecule has 5 nitrogen and oxygen atoms in total. The van der Waals surface area contributed by atoms with E-state index in [1.54, 1.807) is 17.9 Å². The largest absolute Gasteiger partial charge is 0.444 e. The third-order valence-corrected chi connectivity index (χ3v) is 5.02. The maximum absolute atomic E-state index is 13.5. The SMILES string of the molecule is Cc1cc(C2=CCN(N3CCN(C(=O)OC(C)(C)C)CC3)CC2)ccc1F. The van der Waals surface area contributed by atoms with E-state index in [1.807, 2.05) is 32.9 Å². The Morgan fingerprint density at radius 3 is 2.33 bits per heavy atom. The molecule has 0 saturated carbocycles. The van der Waals surface area contributed by atoms with Crippen LogP contribution in [0.4, 0.5) is 9.18 Å². The fourth-order valence-electron chi connectivity index (χ4n) is 3.51. The second kappa shape index (κ2) is 7.98. The topological polar surface area (TPSA) is 36.0 Å². The molecule has 0 aliphatic carbocycles. The Labute approximate surface area is 161 Å². The first-order chi connectivity index (χ1) is 12.7. The van der Waals surface area contributed by atoms with Crippen molar-refractivity contribution in [1.82, 2.24) is 14.9 Å². The van der Waals surface area contributed by atoms with Crippen molar-refractivity contribution in [3.63, 3.8) is 0 Å². The molecule has 0 unspecified atom stereocenters.